The van der Waals surface area contributed by atoms with Crippen molar-refractivity contribution >= 4 is 44.9 Å². The Kier molecular flexibility index (Phi) is 5.53. The Balaban J connectivity index is 1.37. The molecule has 25 heavy (non-hydrogen) atoms. The normalized spacial score (nSPS) is 18.7. The van der Waals surface area contributed by atoms with Crippen LogP contribution in [0.5, 0.6) is 0 Å². The minimum absolute atomic E-state index is 0.199. The topological polar surface area (TPSA) is 38.2 Å². The number of hydrogen-bond donors (Lipinski definition) is 0. The molecule has 1 atom stereocenters. The van der Waals surface area contributed by atoms with Gasteiger partial charge in [0.25, 0.3) is 0 Å². The largest absolute Gasteiger partial charge is 0.375 e. The number of morpholine rings is 1. The van der Waals surface area contributed by atoms with E-state index in [2.05, 4.69) is 32.4 Å². The fourth-order valence-electron chi connectivity index (χ4n) is 2.95. The molecule has 3 aromatic rings. The Bertz CT molecular complexity index is 857. The van der Waals surface area contributed by atoms with Gasteiger partial charge in [-0.05, 0) is 23.1 Å². The second kappa shape index (κ2) is 8.01. The first-order valence-corrected chi connectivity index (χ1v) is 10.4. The van der Waals surface area contributed by atoms with E-state index in [-0.39, 0.29) is 6.10 Å². The van der Waals surface area contributed by atoms with Crippen LogP contribution in [0.4, 0.5) is 0 Å². The summed E-state index contributed by atoms with van der Waals surface area (Å²) in [5, 5.41) is 5.08. The number of halogens is 1. The number of ether oxygens (including phenoxy) is 1. The number of benzene rings is 1. The van der Waals surface area contributed by atoms with Crippen molar-refractivity contribution in [3.63, 3.8) is 0 Å². The highest BCUT2D eigenvalue weighted by Gasteiger charge is 2.22. The molecule has 2 aromatic heterocycles. The number of fused-ring (bicyclic) bond motifs is 1. The molecule has 1 aliphatic rings. The van der Waals surface area contributed by atoms with Gasteiger partial charge in [0, 0.05) is 35.8 Å². The van der Waals surface area contributed by atoms with Crippen molar-refractivity contribution in [2.24, 2.45) is 0 Å². The van der Waals surface area contributed by atoms with Crippen LogP contribution in [-0.4, -0.2) is 46.4 Å². The maximum atomic E-state index is 6.29. The van der Waals surface area contributed by atoms with Crippen LogP contribution < -0.4 is 0 Å². The Morgan fingerprint density at radius 2 is 2.20 bits per heavy atom. The molecule has 0 radical (unpaired) electrons. The van der Waals surface area contributed by atoms with Crippen molar-refractivity contribution in [2.75, 3.05) is 25.4 Å². The number of nitrogens with zero attached hydrogens (tertiary/aromatic N) is 3. The van der Waals surface area contributed by atoms with Crippen LogP contribution in [0, 0.1) is 0 Å². The number of thioether (sulfide) groups is 1. The molecule has 1 aromatic carbocycles. The van der Waals surface area contributed by atoms with Gasteiger partial charge in [0.15, 0.2) is 0 Å². The van der Waals surface area contributed by atoms with Crippen LogP contribution in [0.15, 0.2) is 47.1 Å². The van der Waals surface area contributed by atoms with Gasteiger partial charge in [-0.1, -0.05) is 29.8 Å². The second-order valence-corrected chi connectivity index (χ2v) is 8.26. The third-order valence-electron chi connectivity index (χ3n) is 4.21. The van der Waals surface area contributed by atoms with Gasteiger partial charge in [0.1, 0.15) is 16.2 Å². The number of aromatic nitrogens is 2. The highest BCUT2D eigenvalue weighted by atomic mass is 35.5. The van der Waals surface area contributed by atoms with Crippen LogP contribution >= 0.6 is 34.7 Å². The smallest absolute Gasteiger partial charge is 0.127 e. The van der Waals surface area contributed by atoms with E-state index in [0.29, 0.717) is 0 Å². The summed E-state index contributed by atoms with van der Waals surface area (Å²) in [7, 11) is 0. The summed E-state index contributed by atoms with van der Waals surface area (Å²) in [4.78, 5) is 12.2. The SMILES string of the molecule is Clc1ccccc1CN1CCO[C@@H](CSc2ncnc3sccc23)C1. The van der Waals surface area contributed by atoms with E-state index in [1.54, 1.807) is 29.4 Å². The van der Waals surface area contributed by atoms with E-state index in [9.17, 15) is 0 Å². The van der Waals surface area contributed by atoms with Crippen molar-refractivity contribution < 1.29 is 4.74 Å². The summed E-state index contributed by atoms with van der Waals surface area (Å²) in [6.45, 7) is 3.48. The first kappa shape index (κ1) is 17.2. The molecule has 7 heteroatoms. The molecule has 4 rings (SSSR count). The number of thiophene rings is 1. The summed E-state index contributed by atoms with van der Waals surface area (Å²) >= 11 is 9.69. The highest BCUT2D eigenvalue weighted by molar-refractivity contribution is 7.99. The molecule has 0 unspecified atom stereocenters. The fourth-order valence-corrected chi connectivity index (χ4v) is 4.93. The predicted molar refractivity (Wildman–Crippen MR) is 105 cm³/mol. The molecule has 3 heterocycles. The van der Waals surface area contributed by atoms with Crippen molar-refractivity contribution in [3.05, 3.63) is 52.6 Å². The molecule has 0 aliphatic carbocycles. The summed E-state index contributed by atoms with van der Waals surface area (Å²) < 4.78 is 5.96. The van der Waals surface area contributed by atoms with Gasteiger partial charge in [0.05, 0.1) is 12.7 Å². The van der Waals surface area contributed by atoms with Crippen LogP contribution in [0.1, 0.15) is 5.56 Å². The minimum atomic E-state index is 0.199. The van der Waals surface area contributed by atoms with Crippen LogP contribution in [-0.2, 0) is 11.3 Å². The molecule has 0 bridgehead atoms. The van der Waals surface area contributed by atoms with Gasteiger partial charge in [-0.2, -0.15) is 0 Å². The fraction of sp³-hybridized carbons (Fsp3) is 0.333. The zero-order chi connectivity index (χ0) is 17.1. The second-order valence-electron chi connectivity index (χ2n) is 5.95. The van der Waals surface area contributed by atoms with Crippen molar-refractivity contribution in [1.29, 1.82) is 0 Å². The Labute approximate surface area is 160 Å². The molecular formula is C18H18ClN3OS2. The van der Waals surface area contributed by atoms with Gasteiger partial charge in [-0.25, -0.2) is 9.97 Å². The quantitative estimate of drug-likeness (QED) is 0.478. The van der Waals surface area contributed by atoms with Gasteiger partial charge in [0.2, 0.25) is 0 Å². The summed E-state index contributed by atoms with van der Waals surface area (Å²) in [5.74, 6) is 0.890. The zero-order valence-electron chi connectivity index (χ0n) is 13.6. The average molecular weight is 392 g/mol. The van der Waals surface area contributed by atoms with E-state index in [4.69, 9.17) is 16.3 Å². The molecule has 4 nitrogen and oxygen atoms in total. The van der Waals surface area contributed by atoms with E-state index in [1.807, 2.05) is 18.2 Å². The van der Waals surface area contributed by atoms with Crippen LogP contribution in [0.25, 0.3) is 10.2 Å². The molecule has 130 valence electrons. The number of rotatable bonds is 5. The monoisotopic (exact) mass is 391 g/mol. The van der Waals surface area contributed by atoms with Gasteiger partial charge >= 0.3 is 0 Å². The third-order valence-corrected chi connectivity index (χ3v) is 6.53. The van der Waals surface area contributed by atoms with E-state index < -0.39 is 0 Å². The summed E-state index contributed by atoms with van der Waals surface area (Å²) in [5.41, 5.74) is 1.17. The highest BCUT2D eigenvalue weighted by Crippen LogP contribution is 2.29. The average Bonchev–Trinajstić information content (AvgIpc) is 3.12. The lowest BCUT2D eigenvalue weighted by molar-refractivity contribution is -0.0187. The standard InChI is InChI=1S/C18H18ClN3OS2/c19-16-4-2-1-3-13(16)9-22-6-7-23-14(10-22)11-25-18-15-5-8-24-17(15)20-12-21-18/h1-5,8,12,14H,6-7,9-11H2/t14-/m1/s1. The molecule has 0 spiro atoms. The lowest BCUT2D eigenvalue weighted by Gasteiger charge is -2.33. The van der Waals surface area contributed by atoms with Crippen molar-refractivity contribution in [3.8, 4) is 0 Å². The minimum Gasteiger partial charge on any atom is -0.375 e. The Morgan fingerprint density at radius 1 is 1.28 bits per heavy atom. The molecule has 1 fully saturated rings. The molecule has 0 saturated carbocycles. The summed E-state index contributed by atoms with van der Waals surface area (Å²) in [6.07, 6.45) is 1.84. The van der Waals surface area contributed by atoms with Gasteiger partial charge < -0.3 is 4.74 Å². The van der Waals surface area contributed by atoms with Crippen molar-refractivity contribution in [1.82, 2.24) is 14.9 Å². The van der Waals surface area contributed by atoms with Crippen LogP contribution in [0.3, 0.4) is 0 Å². The predicted octanol–water partition coefficient (Wildman–Crippen LogP) is 4.34. The van der Waals surface area contributed by atoms with E-state index >= 15 is 0 Å². The summed E-state index contributed by atoms with van der Waals surface area (Å²) in [6, 6.07) is 10.1. The van der Waals surface area contributed by atoms with E-state index in [0.717, 1.165) is 52.3 Å². The molecule has 1 saturated heterocycles. The third kappa shape index (κ3) is 4.15. The lowest BCUT2D eigenvalue weighted by Crippen LogP contribution is -2.43. The Morgan fingerprint density at radius 3 is 3.12 bits per heavy atom. The zero-order valence-corrected chi connectivity index (χ0v) is 16.0. The Hall–Kier alpha value is -1.18. The van der Waals surface area contributed by atoms with Gasteiger partial charge in [-0.15, -0.1) is 23.1 Å². The molecule has 0 N–H and O–H groups in total. The van der Waals surface area contributed by atoms with Gasteiger partial charge in [-0.3, -0.25) is 4.90 Å². The molecule has 1 aliphatic heterocycles. The molecule has 0 amide bonds. The maximum Gasteiger partial charge on any atom is 0.127 e. The van der Waals surface area contributed by atoms with Crippen LogP contribution in [0.2, 0.25) is 5.02 Å². The number of hydrogen-bond acceptors (Lipinski definition) is 6. The van der Waals surface area contributed by atoms with E-state index in [1.165, 1.54) is 5.56 Å². The lowest BCUT2D eigenvalue weighted by atomic mass is 10.2. The maximum absolute atomic E-state index is 6.29. The first-order valence-electron chi connectivity index (χ1n) is 8.18. The van der Waals surface area contributed by atoms with Crippen molar-refractivity contribution in [2.45, 2.75) is 17.7 Å². The molecular weight excluding hydrogens is 374 g/mol. The first-order chi connectivity index (χ1) is 12.3.